The Balaban J connectivity index is 2.17. The number of hydrogen-bond acceptors (Lipinski definition) is 5. The summed E-state index contributed by atoms with van der Waals surface area (Å²) >= 11 is 1.37. The fourth-order valence-electron chi connectivity index (χ4n) is 1.65. The van der Waals surface area contributed by atoms with Crippen LogP contribution in [0.2, 0.25) is 0 Å². The molecule has 0 amide bonds. The van der Waals surface area contributed by atoms with Crippen molar-refractivity contribution in [1.82, 2.24) is 9.71 Å². The van der Waals surface area contributed by atoms with Crippen LogP contribution in [0, 0.1) is 11.6 Å². The van der Waals surface area contributed by atoms with Crippen molar-refractivity contribution in [2.45, 2.75) is 17.9 Å². The van der Waals surface area contributed by atoms with E-state index in [9.17, 15) is 17.2 Å². The largest absolute Gasteiger partial charge is 0.392 e. The van der Waals surface area contributed by atoms with Gasteiger partial charge in [0.1, 0.15) is 4.90 Å². The standard InChI is InChI=1S/C12H12F2N2O3S2/c13-9-5-8(7-17)6-10(12(9)14)21(18,19)16-2-1-11-15-3-4-20-11/h3-6,16-17H,1-2,7H2. The van der Waals surface area contributed by atoms with Gasteiger partial charge in [-0.1, -0.05) is 0 Å². The second-order valence-corrected chi connectivity index (χ2v) is 6.84. The molecule has 0 aliphatic heterocycles. The molecule has 2 N–H and O–H groups in total. The molecule has 0 fully saturated rings. The van der Waals surface area contributed by atoms with Crippen LogP contribution < -0.4 is 4.72 Å². The highest BCUT2D eigenvalue weighted by Gasteiger charge is 2.22. The lowest BCUT2D eigenvalue weighted by Crippen LogP contribution is -2.27. The van der Waals surface area contributed by atoms with Gasteiger partial charge in [-0.05, 0) is 17.7 Å². The van der Waals surface area contributed by atoms with Gasteiger partial charge in [-0.3, -0.25) is 0 Å². The monoisotopic (exact) mass is 334 g/mol. The maximum atomic E-state index is 13.6. The SMILES string of the molecule is O=S(=O)(NCCc1nccs1)c1cc(CO)cc(F)c1F. The molecule has 0 spiro atoms. The van der Waals surface area contributed by atoms with E-state index in [1.807, 2.05) is 0 Å². The van der Waals surface area contributed by atoms with Crippen molar-refractivity contribution in [1.29, 1.82) is 0 Å². The summed E-state index contributed by atoms with van der Waals surface area (Å²) in [6, 6.07) is 1.66. The Morgan fingerprint density at radius 3 is 2.71 bits per heavy atom. The molecule has 0 radical (unpaired) electrons. The molecule has 2 aromatic rings. The Morgan fingerprint density at radius 1 is 1.33 bits per heavy atom. The zero-order chi connectivity index (χ0) is 15.5. The molecular formula is C12H12F2N2O3S2. The number of rotatable bonds is 6. The molecule has 1 aromatic heterocycles. The van der Waals surface area contributed by atoms with Gasteiger partial charge in [0, 0.05) is 24.5 Å². The van der Waals surface area contributed by atoms with Crippen LogP contribution in [-0.4, -0.2) is 25.1 Å². The number of nitrogens with zero attached hydrogens (tertiary/aromatic N) is 1. The van der Waals surface area contributed by atoms with Gasteiger partial charge in [0.2, 0.25) is 10.0 Å². The summed E-state index contributed by atoms with van der Waals surface area (Å²) in [6.07, 6.45) is 1.94. The van der Waals surface area contributed by atoms with Gasteiger partial charge in [-0.15, -0.1) is 11.3 Å². The van der Waals surface area contributed by atoms with Crippen LogP contribution in [0.1, 0.15) is 10.6 Å². The van der Waals surface area contributed by atoms with Gasteiger partial charge in [0.05, 0.1) is 11.6 Å². The highest BCUT2D eigenvalue weighted by atomic mass is 32.2. The minimum Gasteiger partial charge on any atom is -0.392 e. The van der Waals surface area contributed by atoms with E-state index in [1.54, 1.807) is 11.6 Å². The van der Waals surface area contributed by atoms with E-state index in [2.05, 4.69) is 9.71 Å². The van der Waals surface area contributed by atoms with E-state index in [0.717, 1.165) is 17.1 Å². The van der Waals surface area contributed by atoms with E-state index < -0.39 is 33.2 Å². The number of thiazole rings is 1. The summed E-state index contributed by atoms with van der Waals surface area (Å²) in [5, 5.41) is 11.4. The van der Waals surface area contributed by atoms with Crippen molar-refractivity contribution in [2.24, 2.45) is 0 Å². The molecule has 1 heterocycles. The van der Waals surface area contributed by atoms with Crippen molar-refractivity contribution in [2.75, 3.05) is 6.54 Å². The fourth-order valence-corrected chi connectivity index (χ4v) is 3.44. The van der Waals surface area contributed by atoms with Gasteiger partial charge in [-0.2, -0.15) is 0 Å². The Labute approximate surface area is 124 Å². The van der Waals surface area contributed by atoms with Crippen LogP contribution in [0.15, 0.2) is 28.6 Å². The molecule has 0 saturated carbocycles. The molecule has 114 valence electrons. The number of hydrogen-bond donors (Lipinski definition) is 2. The average molecular weight is 334 g/mol. The van der Waals surface area contributed by atoms with E-state index in [1.165, 1.54) is 11.3 Å². The van der Waals surface area contributed by atoms with Gasteiger partial charge in [0.25, 0.3) is 0 Å². The normalized spacial score (nSPS) is 11.8. The second-order valence-electron chi connectivity index (χ2n) is 4.12. The lowest BCUT2D eigenvalue weighted by atomic mass is 10.2. The summed E-state index contributed by atoms with van der Waals surface area (Å²) in [5.41, 5.74) is -0.0193. The topological polar surface area (TPSA) is 79.3 Å². The van der Waals surface area contributed by atoms with E-state index in [-0.39, 0.29) is 12.1 Å². The lowest BCUT2D eigenvalue weighted by molar-refractivity contribution is 0.280. The van der Waals surface area contributed by atoms with E-state index in [0.29, 0.717) is 6.42 Å². The molecule has 0 bridgehead atoms. The lowest BCUT2D eigenvalue weighted by Gasteiger charge is -2.09. The highest BCUT2D eigenvalue weighted by molar-refractivity contribution is 7.89. The molecule has 0 saturated heterocycles. The molecule has 0 aliphatic rings. The van der Waals surface area contributed by atoms with Crippen LogP contribution in [-0.2, 0) is 23.1 Å². The smallest absolute Gasteiger partial charge is 0.243 e. The minimum absolute atomic E-state index is 0.0141. The number of halogens is 2. The van der Waals surface area contributed by atoms with Gasteiger partial charge >= 0.3 is 0 Å². The van der Waals surface area contributed by atoms with Crippen molar-refractivity contribution in [3.63, 3.8) is 0 Å². The van der Waals surface area contributed by atoms with Crippen molar-refractivity contribution >= 4 is 21.4 Å². The van der Waals surface area contributed by atoms with E-state index >= 15 is 0 Å². The quantitative estimate of drug-likeness (QED) is 0.838. The number of sulfonamides is 1. The van der Waals surface area contributed by atoms with E-state index in [4.69, 9.17) is 5.11 Å². The average Bonchev–Trinajstić information content (AvgIpc) is 2.94. The maximum absolute atomic E-state index is 13.6. The Hall–Kier alpha value is -1.42. The van der Waals surface area contributed by atoms with Crippen LogP contribution in [0.25, 0.3) is 0 Å². The van der Waals surface area contributed by atoms with Gasteiger partial charge < -0.3 is 5.11 Å². The number of aliphatic hydroxyl groups is 1. The maximum Gasteiger partial charge on any atom is 0.243 e. The highest BCUT2D eigenvalue weighted by Crippen LogP contribution is 2.20. The van der Waals surface area contributed by atoms with Crippen molar-refractivity contribution < 1.29 is 22.3 Å². The van der Waals surface area contributed by atoms with Gasteiger partial charge in [-0.25, -0.2) is 26.9 Å². The molecule has 0 atom stereocenters. The predicted molar refractivity (Wildman–Crippen MR) is 73.3 cm³/mol. The molecule has 2 rings (SSSR count). The Morgan fingerprint density at radius 2 is 2.10 bits per heavy atom. The Kier molecular flexibility index (Phi) is 4.99. The third kappa shape index (κ3) is 3.82. The second kappa shape index (κ2) is 6.56. The Bertz CT molecular complexity index is 718. The molecule has 0 unspecified atom stereocenters. The molecule has 9 heteroatoms. The number of aromatic nitrogens is 1. The van der Waals surface area contributed by atoms with Crippen LogP contribution in [0.5, 0.6) is 0 Å². The number of nitrogens with one attached hydrogen (secondary N) is 1. The number of benzene rings is 1. The first-order valence-electron chi connectivity index (χ1n) is 5.91. The molecule has 5 nitrogen and oxygen atoms in total. The first kappa shape index (κ1) is 16.0. The first-order valence-corrected chi connectivity index (χ1v) is 8.27. The summed E-state index contributed by atoms with van der Waals surface area (Å²) < 4.78 is 53.1. The van der Waals surface area contributed by atoms with Crippen molar-refractivity contribution in [3.05, 3.63) is 45.9 Å². The molecular weight excluding hydrogens is 322 g/mol. The van der Waals surface area contributed by atoms with Crippen LogP contribution in [0.3, 0.4) is 0 Å². The van der Waals surface area contributed by atoms with Crippen molar-refractivity contribution in [3.8, 4) is 0 Å². The molecule has 21 heavy (non-hydrogen) atoms. The zero-order valence-electron chi connectivity index (χ0n) is 10.7. The number of aliphatic hydroxyl groups excluding tert-OH is 1. The third-order valence-electron chi connectivity index (χ3n) is 2.64. The van der Waals surface area contributed by atoms with Crippen LogP contribution >= 0.6 is 11.3 Å². The third-order valence-corrected chi connectivity index (χ3v) is 4.94. The summed E-state index contributed by atoms with van der Waals surface area (Å²) in [6.45, 7) is -0.570. The molecule has 0 aliphatic carbocycles. The van der Waals surface area contributed by atoms with Crippen LogP contribution in [0.4, 0.5) is 8.78 Å². The minimum atomic E-state index is -4.20. The summed E-state index contributed by atoms with van der Waals surface area (Å²) in [5.74, 6) is -2.78. The first-order chi connectivity index (χ1) is 9.94. The molecule has 1 aromatic carbocycles. The predicted octanol–water partition coefficient (Wildman–Crippen LogP) is 1.43. The summed E-state index contributed by atoms with van der Waals surface area (Å²) in [7, 11) is -4.20. The zero-order valence-corrected chi connectivity index (χ0v) is 12.3. The summed E-state index contributed by atoms with van der Waals surface area (Å²) in [4.78, 5) is 3.17. The fraction of sp³-hybridized carbons (Fsp3) is 0.250. The van der Waals surface area contributed by atoms with Gasteiger partial charge in [0.15, 0.2) is 11.6 Å².